The number of hydrogen-bond acceptors (Lipinski definition) is 5. The maximum Gasteiger partial charge on any atom is 0.253 e. The molecular weight excluding hydrogens is 302 g/mol. The number of rotatable bonds is 3. The van der Waals surface area contributed by atoms with Crippen LogP contribution >= 0.6 is 0 Å². The van der Waals surface area contributed by atoms with Gasteiger partial charge >= 0.3 is 0 Å². The molecule has 2 aromatic rings. The lowest BCUT2D eigenvalue weighted by Gasteiger charge is -2.32. The molecule has 0 saturated carbocycles. The van der Waals surface area contributed by atoms with E-state index in [2.05, 4.69) is 21.6 Å². The third kappa shape index (κ3) is 3.69. The van der Waals surface area contributed by atoms with Crippen LogP contribution < -0.4 is 5.32 Å². The van der Waals surface area contributed by atoms with E-state index in [0.29, 0.717) is 30.3 Å². The van der Waals surface area contributed by atoms with Crippen molar-refractivity contribution in [2.24, 2.45) is 0 Å². The first-order chi connectivity index (χ1) is 11.7. The minimum atomic E-state index is 0.0214. The zero-order valence-electron chi connectivity index (χ0n) is 13.6. The Labute approximate surface area is 141 Å². The summed E-state index contributed by atoms with van der Waals surface area (Å²) in [6.45, 7) is 3.32. The van der Waals surface area contributed by atoms with E-state index in [0.717, 1.165) is 24.4 Å². The predicted octanol–water partition coefficient (Wildman–Crippen LogP) is 2.37. The molecule has 0 bridgehead atoms. The molecule has 1 fully saturated rings. The van der Waals surface area contributed by atoms with Crippen molar-refractivity contribution in [3.8, 4) is 6.07 Å². The van der Waals surface area contributed by atoms with E-state index in [1.807, 2.05) is 24.0 Å². The van der Waals surface area contributed by atoms with E-state index < -0.39 is 0 Å². The molecule has 0 spiro atoms. The smallest absolute Gasteiger partial charge is 0.253 e. The second-order valence-electron chi connectivity index (χ2n) is 5.96. The second kappa shape index (κ2) is 7.09. The zero-order valence-corrected chi connectivity index (χ0v) is 13.6. The summed E-state index contributed by atoms with van der Waals surface area (Å²) in [4.78, 5) is 14.4. The van der Waals surface area contributed by atoms with Crippen LogP contribution in [0.5, 0.6) is 0 Å². The number of amides is 1. The van der Waals surface area contributed by atoms with Gasteiger partial charge in [-0.1, -0.05) is 0 Å². The van der Waals surface area contributed by atoms with Gasteiger partial charge in [0.15, 0.2) is 0 Å². The molecule has 6 nitrogen and oxygen atoms in total. The fourth-order valence-corrected chi connectivity index (χ4v) is 2.78. The minimum Gasteiger partial charge on any atom is -0.366 e. The molecule has 122 valence electrons. The van der Waals surface area contributed by atoms with Gasteiger partial charge in [0.05, 0.1) is 17.3 Å². The molecule has 1 aliphatic rings. The molecule has 2 heterocycles. The number of carbonyl (C=O) groups excluding carboxylic acids is 1. The lowest BCUT2D eigenvalue weighted by atomic mass is 10.0. The van der Waals surface area contributed by atoms with E-state index in [9.17, 15) is 4.79 Å². The molecule has 1 saturated heterocycles. The first kappa shape index (κ1) is 15.9. The molecule has 24 heavy (non-hydrogen) atoms. The second-order valence-corrected chi connectivity index (χ2v) is 5.96. The highest BCUT2D eigenvalue weighted by Crippen LogP contribution is 2.17. The summed E-state index contributed by atoms with van der Waals surface area (Å²) in [6.07, 6.45) is 1.75. The topological polar surface area (TPSA) is 81.9 Å². The van der Waals surface area contributed by atoms with Crippen molar-refractivity contribution in [2.45, 2.75) is 25.8 Å². The van der Waals surface area contributed by atoms with Gasteiger partial charge in [-0.15, -0.1) is 5.10 Å². The van der Waals surface area contributed by atoms with Crippen LogP contribution in [0.1, 0.15) is 34.5 Å². The summed E-state index contributed by atoms with van der Waals surface area (Å²) in [6, 6.07) is 13.0. The standard InChI is InChI=1S/C18H19N5O/c1-13-2-7-17(22-21-13)20-16-8-10-23(11-9-16)18(24)15-5-3-14(12-19)4-6-15/h2-7,16H,8-11H2,1H3,(H,20,22). The summed E-state index contributed by atoms with van der Waals surface area (Å²) >= 11 is 0. The van der Waals surface area contributed by atoms with Crippen LogP contribution in [-0.2, 0) is 0 Å². The van der Waals surface area contributed by atoms with Crippen molar-refractivity contribution in [3.63, 3.8) is 0 Å². The van der Waals surface area contributed by atoms with Crippen LogP contribution in [0.4, 0.5) is 5.82 Å². The predicted molar refractivity (Wildman–Crippen MR) is 90.5 cm³/mol. The van der Waals surface area contributed by atoms with Gasteiger partial charge in [0, 0.05) is 24.7 Å². The average molecular weight is 321 g/mol. The van der Waals surface area contributed by atoms with Crippen LogP contribution in [-0.4, -0.2) is 40.1 Å². The average Bonchev–Trinajstić information content (AvgIpc) is 2.64. The number of aryl methyl sites for hydroxylation is 1. The number of nitrogens with one attached hydrogen (secondary N) is 1. The number of piperidine rings is 1. The number of anilines is 1. The Morgan fingerprint density at radius 1 is 1.17 bits per heavy atom. The number of nitrogens with zero attached hydrogens (tertiary/aromatic N) is 4. The number of nitriles is 1. The van der Waals surface area contributed by atoms with Gasteiger partial charge in [0.2, 0.25) is 0 Å². The molecule has 3 rings (SSSR count). The molecule has 6 heteroatoms. The molecule has 0 aliphatic carbocycles. The molecule has 1 aliphatic heterocycles. The Morgan fingerprint density at radius 2 is 1.88 bits per heavy atom. The van der Waals surface area contributed by atoms with Gasteiger partial charge < -0.3 is 10.2 Å². The third-order valence-electron chi connectivity index (χ3n) is 4.19. The molecule has 1 aromatic carbocycles. The van der Waals surface area contributed by atoms with Crippen molar-refractivity contribution in [1.29, 1.82) is 5.26 Å². The highest BCUT2D eigenvalue weighted by molar-refractivity contribution is 5.94. The lowest BCUT2D eigenvalue weighted by molar-refractivity contribution is 0.0718. The normalized spacial score (nSPS) is 14.9. The largest absolute Gasteiger partial charge is 0.366 e. The van der Waals surface area contributed by atoms with E-state index in [-0.39, 0.29) is 5.91 Å². The van der Waals surface area contributed by atoms with Gasteiger partial charge in [-0.3, -0.25) is 4.79 Å². The minimum absolute atomic E-state index is 0.0214. The van der Waals surface area contributed by atoms with E-state index in [1.54, 1.807) is 24.3 Å². The summed E-state index contributed by atoms with van der Waals surface area (Å²) in [7, 11) is 0. The SMILES string of the molecule is Cc1ccc(NC2CCN(C(=O)c3ccc(C#N)cc3)CC2)nn1. The van der Waals surface area contributed by atoms with E-state index in [1.165, 1.54) is 0 Å². The maximum absolute atomic E-state index is 12.5. The number of aromatic nitrogens is 2. The first-order valence-corrected chi connectivity index (χ1v) is 8.02. The highest BCUT2D eigenvalue weighted by Gasteiger charge is 2.23. The Hall–Kier alpha value is -2.94. The summed E-state index contributed by atoms with van der Waals surface area (Å²) in [5.74, 6) is 0.797. The van der Waals surface area contributed by atoms with Crippen molar-refractivity contribution >= 4 is 11.7 Å². The fraction of sp³-hybridized carbons (Fsp3) is 0.333. The van der Waals surface area contributed by atoms with E-state index >= 15 is 0 Å². The zero-order chi connectivity index (χ0) is 16.9. The number of carbonyl (C=O) groups is 1. The molecular formula is C18H19N5O. The molecule has 1 aromatic heterocycles. The summed E-state index contributed by atoms with van der Waals surface area (Å²) in [5, 5.41) is 20.4. The van der Waals surface area contributed by atoms with Crippen LogP contribution in [0.3, 0.4) is 0 Å². The van der Waals surface area contributed by atoms with Crippen LogP contribution in [0, 0.1) is 18.3 Å². The van der Waals surface area contributed by atoms with Crippen LogP contribution in [0.15, 0.2) is 36.4 Å². The summed E-state index contributed by atoms with van der Waals surface area (Å²) in [5.41, 5.74) is 2.09. The molecule has 1 N–H and O–H groups in total. The van der Waals surface area contributed by atoms with Gasteiger partial charge in [-0.05, 0) is 56.2 Å². The Kier molecular flexibility index (Phi) is 4.71. The molecule has 0 atom stereocenters. The maximum atomic E-state index is 12.5. The van der Waals surface area contributed by atoms with Gasteiger partial charge in [-0.2, -0.15) is 10.4 Å². The number of likely N-dealkylation sites (tertiary alicyclic amines) is 1. The number of benzene rings is 1. The van der Waals surface area contributed by atoms with Crippen molar-refractivity contribution < 1.29 is 4.79 Å². The first-order valence-electron chi connectivity index (χ1n) is 8.02. The monoisotopic (exact) mass is 321 g/mol. The van der Waals surface area contributed by atoms with Crippen molar-refractivity contribution in [1.82, 2.24) is 15.1 Å². The Morgan fingerprint density at radius 3 is 2.46 bits per heavy atom. The molecule has 1 amide bonds. The summed E-state index contributed by atoms with van der Waals surface area (Å²) < 4.78 is 0. The third-order valence-corrected chi connectivity index (χ3v) is 4.19. The lowest BCUT2D eigenvalue weighted by Crippen LogP contribution is -2.42. The van der Waals surface area contributed by atoms with Gasteiger partial charge in [-0.25, -0.2) is 0 Å². The molecule has 0 radical (unpaired) electrons. The quantitative estimate of drug-likeness (QED) is 0.938. The fourth-order valence-electron chi connectivity index (χ4n) is 2.78. The van der Waals surface area contributed by atoms with Crippen LogP contribution in [0.25, 0.3) is 0 Å². The van der Waals surface area contributed by atoms with Gasteiger partial charge in [0.25, 0.3) is 5.91 Å². The van der Waals surface area contributed by atoms with Crippen molar-refractivity contribution in [3.05, 3.63) is 53.2 Å². The number of hydrogen-bond donors (Lipinski definition) is 1. The highest BCUT2D eigenvalue weighted by atomic mass is 16.2. The Bertz CT molecular complexity index is 740. The van der Waals surface area contributed by atoms with E-state index in [4.69, 9.17) is 5.26 Å². The Balaban J connectivity index is 1.55. The van der Waals surface area contributed by atoms with Crippen molar-refractivity contribution in [2.75, 3.05) is 18.4 Å². The molecule has 0 unspecified atom stereocenters. The van der Waals surface area contributed by atoms with Gasteiger partial charge in [0.1, 0.15) is 5.82 Å². The van der Waals surface area contributed by atoms with Crippen LogP contribution in [0.2, 0.25) is 0 Å².